The number of aromatic carboxylic acids is 1. The lowest BCUT2D eigenvalue weighted by atomic mass is 9.95. The standard InChI is InChI=1S/C28H26N4O3/c1-5-22-31-25-16(2)14-17(3)29-26(25)32(22)15-18-10-12-19(13-11-18)23-20-8-6-7-9-21(20)30-27(35-4)24(23)28(33)34/h6-14H,5,15H2,1-4H3,(H,33,34). The minimum atomic E-state index is -1.08. The Morgan fingerprint density at radius 1 is 1.03 bits per heavy atom. The van der Waals surface area contributed by atoms with Crippen LogP contribution in [-0.4, -0.2) is 37.7 Å². The number of aryl methyl sites for hydroxylation is 3. The highest BCUT2D eigenvalue weighted by atomic mass is 16.5. The number of fused-ring (bicyclic) bond motifs is 2. The van der Waals surface area contributed by atoms with Crippen molar-refractivity contribution in [2.24, 2.45) is 0 Å². The molecule has 7 nitrogen and oxygen atoms in total. The maximum absolute atomic E-state index is 12.2. The summed E-state index contributed by atoms with van der Waals surface area (Å²) in [4.78, 5) is 26.2. The molecule has 176 valence electrons. The summed E-state index contributed by atoms with van der Waals surface area (Å²) in [5, 5.41) is 10.8. The summed E-state index contributed by atoms with van der Waals surface area (Å²) < 4.78 is 7.51. The normalized spacial score (nSPS) is 11.3. The molecule has 0 atom stereocenters. The number of aromatic nitrogens is 4. The highest BCUT2D eigenvalue weighted by Crippen LogP contribution is 2.36. The zero-order valence-corrected chi connectivity index (χ0v) is 20.2. The summed E-state index contributed by atoms with van der Waals surface area (Å²) in [6.07, 6.45) is 0.803. The van der Waals surface area contributed by atoms with Crippen molar-refractivity contribution in [3.05, 3.63) is 82.8 Å². The van der Waals surface area contributed by atoms with Gasteiger partial charge in [-0.1, -0.05) is 49.4 Å². The van der Waals surface area contributed by atoms with Gasteiger partial charge in [-0.05, 0) is 42.7 Å². The van der Waals surface area contributed by atoms with E-state index in [0.29, 0.717) is 17.6 Å². The van der Waals surface area contributed by atoms with Gasteiger partial charge in [0.2, 0.25) is 5.88 Å². The van der Waals surface area contributed by atoms with Crippen LogP contribution in [0.25, 0.3) is 33.2 Å². The van der Waals surface area contributed by atoms with Crippen molar-refractivity contribution in [3.8, 4) is 17.0 Å². The van der Waals surface area contributed by atoms with Crippen LogP contribution in [0.3, 0.4) is 0 Å². The number of carboxylic acids is 1. The monoisotopic (exact) mass is 466 g/mol. The molecular weight excluding hydrogens is 440 g/mol. The van der Waals surface area contributed by atoms with E-state index in [4.69, 9.17) is 14.7 Å². The molecule has 0 spiro atoms. The third-order valence-corrected chi connectivity index (χ3v) is 6.27. The molecule has 0 unspecified atom stereocenters. The Morgan fingerprint density at radius 3 is 2.46 bits per heavy atom. The van der Waals surface area contributed by atoms with E-state index in [0.717, 1.165) is 51.2 Å². The first kappa shape index (κ1) is 22.5. The fraction of sp³-hybridized carbons (Fsp3) is 0.214. The van der Waals surface area contributed by atoms with Crippen molar-refractivity contribution in [2.45, 2.75) is 33.7 Å². The molecule has 0 saturated heterocycles. The summed E-state index contributed by atoms with van der Waals surface area (Å²) in [7, 11) is 1.44. The fourth-order valence-corrected chi connectivity index (χ4v) is 4.68. The number of ether oxygens (including phenoxy) is 1. The lowest BCUT2D eigenvalue weighted by molar-refractivity contribution is 0.0693. The number of hydrogen-bond donors (Lipinski definition) is 1. The van der Waals surface area contributed by atoms with E-state index >= 15 is 0 Å². The highest BCUT2D eigenvalue weighted by Gasteiger charge is 2.23. The number of hydrogen-bond acceptors (Lipinski definition) is 5. The van der Waals surface area contributed by atoms with Crippen LogP contribution in [0.2, 0.25) is 0 Å². The minimum absolute atomic E-state index is 0.0583. The molecule has 0 radical (unpaired) electrons. The molecule has 2 aromatic carbocycles. The van der Waals surface area contributed by atoms with Gasteiger partial charge in [-0.3, -0.25) is 0 Å². The second-order valence-electron chi connectivity index (χ2n) is 8.61. The van der Waals surface area contributed by atoms with Gasteiger partial charge in [0.25, 0.3) is 0 Å². The van der Waals surface area contributed by atoms with Crippen LogP contribution in [-0.2, 0) is 13.0 Å². The van der Waals surface area contributed by atoms with Gasteiger partial charge in [0, 0.05) is 23.1 Å². The average Bonchev–Trinajstić information content (AvgIpc) is 3.20. The van der Waals surface area contributed by atoms with Crippen LogP contribution in [0, 0.1) is 13.8 Å². The average molecular weight is 467 g/mol. The maximum atomic E-state index is 12.2. The number of methoxy groups -OCH3 is 1. The molecule has 0 bridgehead atoms. The lowest BCUT2D eigenvalue weighted by Crippen LogP contribution is -2.07. The predicted octanol–water partition coefficient (Wildman–Crippen LogP) is 5.58. The lowest BCUT2D eigenvalue weighted by Gasteiger charge is -2.14. The van der Waals surface area contributed by atoms with Crippen molar-refractivity contribution >= 4 is 28.0 Å². The Labute approximate surface area is 203 Å². The molecule has 1 N–H and O–H groups in total. The molecule has 3 heterocycles. The number of rotatable bonds is 6. The number of benzene rings is 2. The molecular formula is C28H26N4O3. The van der Waals surface area contributed by atoms with E-state index in [-0.39, 0.29) is 11.4 Å². The summed E-state index contributed by atoms with van der Waals surface area (Å²) in [5.74, 6) is 0.0151. The van der Waals surface area contributed by atoms with Crippen molar-refractivity contribution in [2.75, 3.05) is 7.11 Å². The first-order chi connectivity index (χ1) is 16.9. The number of pyridine rings is 2. The van der Waals surface area contributed by atoms with Crippen LogP contribution >= 0.6 is 0 Å². The highest BCUT2D eigenvalue weighted by molar-refractivity contribution is 6.08. The van der Waals surface area contributed by atoms with Crippen LogP contribution in [0.5, 0.6) is 5.88 Å². The van der Waals surface area contributed by atoms with E-state index < -0.39 is 5.97 Å². The van der Waals surface area contributed by atoms with Gasteiger partial charge in [0.1, 0.15) is 16.9 Å². The van der Waals surface area contributed by atoms with Crippen molar-refractivity contribution in [1.29, 1.82) is 0 Å². The molecule has 5 rings (SSSR count). The van der Waals surface area contributed by atoms with Crippen molar-refractivity contribution < 1.29 is 14.6 Å². The molecule has 0 saturated carbocycles. The maximum Gasteiger partial charge on any atom is 0.341 e. The van der Waals surface area contributed by atoms with Gasteiger partial charge in [-0.25, -0.2) is 19.7 Å². The quantitative estimate of drug-likeness (QED) is 0.351. The Hall–Kier alpha value is -4.26. The largest absolute Gasteiger partial charge is 0.480 e. The summed E-state index contributed by atoms with van der Waals surface area (Å²) in [6.45, 7) is 6.79. The summed E-state index contributed by atoms with van der Waals surface area (Å²) in [5.41, 5.74) is 7.12. The van der Waals surface area contributed by atoms with E-state index in [2.05, 4.69) is 29.5 Å². The fourth-order valence-electron chi connectivity index (χ4n) is 4.68. The second kappa shape index (κ2) is 8.83. The van der Waals surface area contributed by atoms with E-state index in [1.54, 1.807) is 0 Å². The molecule has 0 amide bonds. The van der Waals surface area contributed by atoms with Gasteiger partial charge in [0.15, 0.2) is 5.65 Å². The Kier molecular flexibility index (Phi) is 5.68. The van der Waals surface area contributed by atoms with E-state index in [1.807, 2.05) is 55.5 Å². The predicted molar refractivity (Wildman–Crippen MR) is 136 cm³/mol. The van der Waals surface area contributed by atoms with Gasteiger partial charge in [0.05, 0.1) is 19.2 Å². The van der Waals surface area contributed by atoms with Crippen molar-refractivity contribution in [3.63, 3.8) is 0 Å². The second-order valence-corrected chi connectivity index (χ2v) is 8.61. The smallest absolute Gasteiger partial charge is 0.341 e. The van der Waals surface area contributed by atoms with Gasteiger partial charge >= 0.3 is 5.97 Å². The van der Waals surface area contributed by atoms with Gasteiger partial charge in [-0.15, -0.1) is 0 Å². The van der Waals surface area contributed by atoms with E-state index in [1.165, 1.54) is 7.11 Å². The molecule has 0 aliphatic rings. The van der Waals surface area contributed by atoms with Crippen LogP contribution in [0.1, 0.15) is 39.9 Å². The molecule has 5 aromatic rings. The SMILES string of the molecule is CCc1nc2c(C)cc(C)nc2n1Cc1ccc(-c2c(C(=O)O)c(OC)nc3ccccc23)cc1. The first-order valence-corrected chi connectivity index (χ1v) is 11.5. The Balaban J connectivity index is 1.61. The number of carboxylic acid groups (broad SMARTS) is 1. The topological polar surface area (TPSA) is 90.1 Å². The summed E-state index contributed by atoms with van der Waals surface area (Å²) >= 11 is 0. The molecule has 3 aromatic heterocycles. The third kappa shape index (κ3) is 3.89. The number of carbonyl (C=O) groups is 1. The zero-order chi connectivity index (χ0) is 24.7. The van der Waals surface area contributed by atoms with Crippen LogP contribution in [0.15, 0.2) is 54.6 Å². The van der Waals surface area contributed by atoms with E-state index in [9.17, 15) is 9.90 Å². The third-order valence-electron chi connectivity index (χ3n) is 6.27. The molecule has 0 aliphatic heterocycles. The first-order valence-electron chi connectivity index (χ1n) is 11.5. The van der Waals surface area contributed by atoms with Gasteiger partial charge < -0.3 is 14.4 Å². The Bertz CT molecular complexity index is 1590. The van der Waals surface area contributed by atoms with Crippen LogP contribution in [0.4, 0.5) is 0 Å². The van der Waals surface area contributed by atoms with Crippen molar-refractivity contribution in [1.82, 2.24) is 19.5 Å². The number of nitrogens with zero attached hydrogens (tertiary/aromatic N) is 4. The minimum Gasteiger partial charge on any atom is -0.480 e. The molecule has 35 heavy (non-hydrogen) atoms. The van der Waals surface area contributed by atoms with Crippen LogP contribution < -0.4 is 4.74 Å². The van der Waals surface area contributed by atoms with Gasteiger partial charge in [-0.2, -0.15) is 0 Å². The number of imidazole rings is 1. The summed E-state index contributed by atoms with van der Waals surface area (Å²) in [6, 6.07) is 17.5. The zero-order valence-electron chi connectivity index (χ0n) is 20.2. The Morgan fingerprint density at radius 2 is 1.77 bits per heavy atom. The molecule has 0 fully saturated rings. The molecule has 0 aliphatic carbocycles. The number of para-hydroxylation sites is 1. The molecule has 7 heteroatoms.